The highest BCUT2D eigenvalue weighted by Gasteiger charge is 1.96. The Balaban J connectivity index is 2.89. The van der Waals surface area contributed by atoms with Gasteiger partial charge in [0.25, 0.3) is 0 Å². The molecule has 0 saturated heterocycles. The first kappa shape index (κ1) is 7.76. The van der Waals surface area contributed by atoms with Crippen molar-refractivity contribution in [2.45, 2.75) is 13.0 Å². The summed E-state index contributed by atoms with van der Waals surface area (Å²) in [5.41, 5.74) is 8.43. The maximum Gasteiger partial charge on any atom is 0.0434 e. The Morgan fingerprint density at radius 1 is 1.30 bits per heavy atom. The smallest absolute Gasteiger partial charge is 0.0434 e. The van der Waals surface area contributed by atoms with Crippen LogP contribution in [-0.4, -0.2) is 0 Å². The summed E-state index contributed by atoms with van der Waals surface area (Å²) < 4.78 is 1.07. The van der Waals surface area contributed by atoms with Crippen LogP contribution in [0.5, 0.6) is 0 Å². The summed E-state index contributed by atoms with van der Waals surface area (Å²) >= 11 is 3.33. The zero-order valence-corrected chi connectivity index (χ0v) is 7.35. The van der Waals surface area contributed by atoms with Crippen LogP contribution in [0.15, 0.2) is 28.7 Å². The van der Waals surface area contributed by atoms with Crippen molar-refractivity contribution in [2.24, 2.45) is 0 Å². The molecular formula is C8H9BrN. The van der Waals surface area contributed by atoms with Crippen LogP contribution in [0, 0.1) is 0 Å². The molecule has 0 spiro atoms. The summed E-state index contributed by atoms with van der Waals surface area (Å²) in [6, 6.07) is 7.72. The van der Waals surface area contributed by atoms with Gasteiger partial charge in [0, 0.05) is 10.5 Å². The molecule has 0 aliphatic rings. The van der Waals surface area contributed by atoms with E-state index in [9.17, 15) is 0 Å². The van der Waals surface area contributed by atoms with Gasteiger partial charge in [0.05, 0.1) is 0 Å². The first-order chi connectivity index (χ1) is 4.70. The van der Waals surface area contributed by atoms with Crippen LogP contribution in [-0.2, 0) is 0 Å². The maximum atomic E-state index is 7.37. The third kappa shape index (κ3) is 1.82. The Bertz CT molecular complexity index is 203. The Morgan fingerprint density at radius 2 is 1.80 bits per heavy atom. The monoisotopic (exact) mass is 198 g/mol. The minimum absolute atomic E-state index is 0.118. The standard InChI is InChI=1S/C8H9BrN/c1-6(10)7-2-4-8(9)5-3-7/h2-6,10H,1H3. The molecule has 0 saturated carbocycles. The molecule has 1 unspecified atom stereocenters. The van der Waals surface area contributed by atoms with Gasteiger partial charge in [0.15, 0.2) is 0 Å². The molecule has 1 aromatic carbocycles. The van der Waals surface area contributed by atoms with Crippen molar-refractivity contribution in [3.63, 3.8) is 0 Å². The molecule has 0 aromatic heterocycles. The summed E-state index contributed by atoms with van der Waals surface area (Å²) in [5, 5.41) is 0. The fraction of sp³-hybridized carbons (Fsp3) is 0.250. The predicted molar refractivity (Wildman–Crippen MR) is 45.7 cm³/mol. The van der Waals surface area contributed by atoms with E-state index < -0.39 is 0 Å². The van der Waals surface area contributed by atoms with Crippen LogP contribution < -0.4 is 5.73 Å². The van der Waals surface area contributed by atoms with Gasteiger partial charge in [-0.3, -0.25) is 5.73 Å². The molecule has 0 aliphatic carbocycles. The van der Waals surface area contributed by atoms with Crippen LogP contribution in [0.25, 0.3) is 0 Å². The largest absolute Gasteiger partial charge is 0.250 e. The molecule has 53 valence electrons. The lowest BCUT2D eigenvalue weighted by atomic mass is 10.1. The first-order valence-corrected chi connectivity index (χ1v) is 3.96. The van der Waals surface area contributed by atoms with Crippen molar-refractivity contribution in [2.75, 3.05) is 0 Å². The van der Waals surface area contributed by atoms with E-state index in [1.165, 1.54) is 0 Å². The molecule has 0 amide bonds. The normalized spacial score (nSPS) is 13.1. The highest BCUT2D eigenvalue weighted by Crippen LogP contribution is 2.15. The van der Waals surface area contributed by atoms with E-state index in [0.29, 0.717) is 0 Å². The third-order valence-corrected chi connectivity index (χ3v) is 1.90. The minimum Gasteiger partial charge on any atom is -0.250 e. The zero-order valence-electron chi connectivity index (χ0n) is 5.76. The van der Waals surface area contributed by atoms with E-state index in [1.54, 1.807) is 0 Å². The molecule has 10 heavy (non-hydrogen) atoms. The van der Waals surface area contributed by atoms with Gasteiger partial charge in [-0.2, -0.15) is 0 Å². The summed E-state index contributed by atoms with van der Waals surface area (Å²) in [6.45, 7) is 1.86. The number of rotatable bonds is 1. The van der Waals surface area contributed by atoms with Crippen molar-refractivity contribution in [3.05, 3.63) is 34.3 Å². The molecule has 0 bridgehead atoms. The van der Waals surface area contributed by atoms with Crippen LogP contribution >= 0.6 is 15.9 Å². The van der Waals surface area contributed by atoms with Crippen molar-refractivity contribution in [1.29, 1.82) is 0 Å². The molecule has 1 aromatic rings. The van der Waals surface area contributed by atoms with Gasteiger partial charge in [-0.25, -0.2) is 0 Å². The Labute approximate surface area is 69.4 Å². The second-order valence-electron chi connectivity index (χ2n) is 2.27. The predicted octanol–water partition coefficient (Wildman–Crippen LogP) is 2.79. The number of nitrogens with one attached hydrogen (secondary N) is 1. The fourth-order valence-electron chi connectivity index (χ4n) is 0.751. The molecule has 1 N–H and O–H groups in total. The molecule has 0 fully saturated rings. The van der Waals surface area contributed by atoms with E-state index in [4.69, 9.17) is 5.73 Å². The van der Waals surface area contributed by atoms with Gasteiger partial charge >= 0.3 is 0 Å². The lowest BCUT2D eigenvalue weighted by Crippen LogP contribution is -1.91. The Morgan fingerprint density at radius 3 is 2.20 bits per heavy atom. The van der Waals surface area contributed by atoms with Crippen molar-refractivity contribution in [3.8, 4) is 0 Å². The minimum atomic E-state index is -0.118. The van der Waals surface area contributed by atoms with Gasteiger partial charge in [-0.15, -0.1) is 0 Å². The molecule has 1 atom stereocenters. The van der Waals surface area contributed by atoms with Gasteiger partial charge < -0.3 is 0 Å². The van der Waals surface area contributed by atoms with Crippen LogP contribution in [0.2, 0.25) is 0 Å². The van der Waals surface area contributed by atoms with E-state index in [2.05, 4.69) is 15.9 Å². The summed E-state index contributed by atoms with van der Waals surface area (Å²) in [4.78, 5) is 0. The second kappa shape index (κ2) is 3.17. The Kier molecular flexibility index (Phi) is 2.46. The highest BCUT2D eigenvalue weighted by molar-refractivity contribution is 9.10. The summed E-state index contributed by atoms with van der Waals surface area (Å²) in [6.07, 6.45) is 0. The fourth-order valence-corrected chi connectivity index (χ4v) is 1.02. The van der Waals surface area contributed by atoms with E-state index in [-0.39, 0.29) is 6.04 Å². The zero-order chi connectivity index (χ0) is 7.56. The molecule has 2 heteroatoms. The molecule has 1 nitrogen and oxygen atoms in total. The number of benzene rings is 1. The SMILES string of the molecule is CC([NH])c1ccc(Br)cc1. The molecular weight excluding hydrogens is 190 g/mol. The number of hydrogen-bond donors (Lipinski definition) is 0. The first-order valence-electron chi connectivity index (χ1n) is 3.17. The maximum absolute atomic E-state index is 7.37. The van der Waals surface area contributed by atoms with Crippen molar-refractivity contribution >= 4 is 15.9 Å². The van der Waals surface area contributed by atoms with E-state index in [0.717, 1.165) is 10.0 Å². The van der Waals surface area contributed by atoms with Gasteiger partial charge in [-0.1, -0.05) is 28.1 Å². The highest BCUT2D eigenvalue weighted by atomic mass is 79.9. The van der Waals surface area contributed by atoms with E-state index >= 15 is 0 Å². The second-order valence-corrected chi connectivity index (χ2v) is 3.19. The van der Waals surface area contributed by atoms with Crippen LogP contribution in [0.3, 0.4) is 0 Å². The number of hydrogen-bond acceptors (Lipinski definition) is 0. The average Bonchev–Trinajstić information content (AvgIpc) is 1.88. The van der Waals surface area contributed by atoms with Crippen LogP contribution in [0.1, 0.15) is 18.5 Å². The molecule has 1 radical (unpaired) electrons. The van der Waals surface area contributed by atoms with E-state index in [1.807, 2.05) is 31.2 Å². The molecule has 0 heterocycles. The van der Waals surface area contributed by atoms with Crippen molar-refractivity contribution in [1.82, 2.24) is 5.73 Å². The molecule has 1 rings (SSSR count). The van der Waals surface area contributed by atoms with Crippen molar-refractivity contribution < 1.29 is 0 Å². The summed E-state index contributed by atoms with van der Waals surface area (Å²) in [5.74, 6) is 0. The van der Waals surface area contributed by atoms with Gasteiger partial charge in [0.2, 0.25) is 0 Å². The third-order valence-electron chi connectivity index (χ3n) is 1.37. The topological polar surface area (TPSA) is 23.8 Å². The van der Waals surface area contributed by atoms with Gasteiger partial charge in [-0.05, 0) is 24.6 Å². The number of halogens is 1. The van der Waals surface area contributed by atoms with Crippen LogP contribution in [0.4, 0.5) is 0 Å². The van der Waals surface area contributed by atoms with Gasteiger partial charge in [0.1, 0.15) is 0 Å². The lowest BCUT2D eigenvalue weighted by molar-refractivity contribution is 0.787. The average molecular weight is 199 g/mol. The lowest BCUT2D eigenvalue weighted by Gasteiger charge is -2.02. The molecule has 0 aliphatic heterocycles. The Hall–Kier alpha value is -0.340. The summed E-state index contributed by atoms with van der Waals surface area (Å²) in [7, 11) is 0. The quantitative estimate of drug-likeness (QED) is 0.664.